The molecule has 1 aliphatic heterocycles. The number of pyridine rings is 1. The van der Waals surface area contributed by atoms with Gasteiger partial charge in [0.25, 0.3) is 0 Å². The number of aromatic nitrogens is 3. The van der Waals surface area contributed by atoms with E-state index in [4.69, 9.17) is 4.74 Å². The van der Waals surface area contributed by atoms with Gasteiger partial charge in [-0.2, -0.15) is 9.40 Å². The van der Waals surface area contributed by atoms with Crippen LogP contribution in [0, 0.1) is 24.5 Å². The summed E-state index contributed by atoms with van der Waals surface area (Å²) in [6.07, 6.45) is 5.16. The predicted molar refractivity (Wildman–Crippen MR) is 158 cm³/mol. The average molecular weight is 601 g/mol. The molecule has 0 N–H and O–H groups in total. The van der Waals surface area contributed by atoms with E-state index >= 15 is 0 Å². The SMILES string of the molecule is CO[C@@]1(c2ccccc2)C[C@H]2CN(S(=O)(=O)c3cncc(F)c3)C[C@@]2(c2cc3cnn(-c4ccc(F)cc4)c3cc2C)C1. The quantitative estimate of drug-likeness (QED) is 0.243. The van der Waals surface area contributed by atoms with Crippen LogP contribution in [0.25, 0.3) is 16.6 Å². The van der Waals surface area contributed by atoms with Crippen LogP contribution in [-0.4, -0.2) is 47.7 Å². The van der Waals surface area contributed by atoms with Crippen molar-refractivity contribution in [1.82, 2.24) is 19.1 Å². The first-order chi connectivity index (χ1) is 20.6. The van der Waals surface area contributed by atoms with Crippen molar-refractivity contribution in [3.05, 3.63) is 120 Å². The summed E-state index contributed by atoms with van der Waals surface area (Å²) in [5, 5.41) is 5.49. The van der Waals surface area contributed by atoms with Crippen LogP contribution in [0.2, 0.25) is 0 Å². The van der Waals surface area contributed by atoms with E-state index in [0.29, 0.717) is 12.8 Å². The summed E-state index contributed by atoms with van der Waals surface area (Å²) in [6.45, 7) is 2.52. The first kappa shape index (κ1) is 27.8. The van der Waals surface area contributed by atoms with Gasteiger partial charge in [-0.3, -0.25) is 4.98 Å². The largest absolute Gasteiger partial charge is 0.373 e. The molecule has 1 saturated heterocycles. The molecule has 7 rings (SSSR count). The third kappa shape index (κ3) is 4.39. The normalized spacial score (nSPS) is 24.0. The number of nitrogens with zero attached hydrogens (tertiary/aromatic N) is 4. The second kappa shape index (κ2) is 10.0. The molecule has 3 aromatic carbocycles. The number of methoxy groups -OCH3 is 1. The van der Waals surface area contributed by atoms with E-state index in [1.165, 1.54) is 22.6 Å². The maximum Gasteiger partial charge on any atom is 0.244 e. The van der Waals surface area contributed by atoms with E-state index in [1.54, 1.807) is 30.1 Å². The molecule has 7 nitrogen and oxygen atoms in total. The fraction of sp³-hybridized carbons (Fsp3) is 0.273. The lowest BCUT2D eigenvalue weighted by molar-refractivity contribution is -0.0183. The van der Waals surface area contributed by atoms with Crippen molar-refractivity contribution < 1.29 is 21.9 Å². The highest BCUT2D eigenvalue weighted by Crippen LogP contribution is 2.60. The molecule has 1 aliphatic carbocycles. The monoisotopic (exact) mass is 600 g/mol. The van der Waals surface area contributed by atoms with Gasteiger partial charge < -0.3 is 4.74 Å². The summed E-state index contributed by atoms with van der Waals surface area (Å²) in [5.74, 6) is -1.09. The van der Waals surface area contributed by atoms with Crippen molar-refractivity contribution in [1.29, 1.82) is 0 Å². The Morgan fingerprint density at radius 1 is 0.953 bits per heavy atom. The Morgan fingerprint density at radius 2 is 1.72 bits per heavy atom. The zero-order chi connectivity index (χ0) is 30.0. The van der Waals surface area contributed by atoms with Gasteiger partial charge in [-0.05, 0) is 84.8 Å². The van der Waals surface area contributed by atoms with Crippen LogP contribution in [0.3, 0.4) is 0 Å². The van der Waals surface area contributed by atoms with Crippen LogP contribution in [0.15, 0.2) is 96.3 Å². The summed E-state index contributed by atoms with van der Waals surface area (Å²) in [4.78, 5) is 3.64. The molecule has 0 spiro atoms. The number of halogens is 2. The molecular weight excluding hydrogens is 570 g/mol. The molecule has 0 radical (unpaired) electrons. The molecule has 0 amide bonds. The Morgan fingerprint density at radius 3 is 2.44 bits per heavy atom. The molecule has 2 fully saturated rings. The van der Waals surface area contributed by atoms with Crippen molar-refractivity contribution in [3.8, 4) is 5.69 Å². The van der Waals surface area contributed by atoms with Crippen LogP contribution in [0.4, 0.5) is 8.78 Å². The molecule has 5 aromatic rings. The Balaban J connectivity index is 1.36. The summed E-state index contributed by atoms with van der Waals surface area (Å²) in [5.41, 5.74) is 3.50. The number of hydrogen-bond donors (Lipinski definition) is 0. The third-order valence-electron chi connectivity index (χ3n) is 9.37. The van der Waals surface area contributed by atoms with Gasteiger partial charge in [-0.25, -0.2) is 21.9 Å². The topological polar surface area (TPSA) is 77.3 Å². The molecule has 2 aromatic heterocycles. The number of sulfonamides is 1. The third-order valence-corrected chi connectivity index (χ3v) is 11.1. The molecule has 3 atom stereocenters. The number of hydrogen-bond acceptors (Lipinski definition) is 5. The lowest BCUT2D eigenvalue weighted by Gasteiger charge is -2.35. The van der Waals surface area contributed by atoms with E-state index < -0.39 is 26.9 Å². The molecule has 10 heteroatoms. The van der Waals surface area contributed by atoms with Crippen LogP contribution in [0.5, 0.6) is 0 Å². The number of benzene rings is 3. The molecule has 220 valence electrons. The molecule has 0 bridgehead atoms. The maximum atomic E-state index is 14.0. The minimum absolute atomic E-state index is 0.0766. The highest BCUT2D eigenvalue weighted by atomic mass is 32.2. The van der Waals surface area contributed by atoms with E-state index in [0.717, 1.165) is 45.5 Å². The standard InChI is InChI=1S/C33H30F2N4O3S/c1-22-12-31-23(16-37-39(31)28-10-8-26(34)9-11-28)13-30(22)32-20-33(42-2,24-6-4-3-5-7-24)15-25(32)19-38(21-32)43(40,41)29-14-27(35)17-36-18-29/h3-14,16-18,25H,15,19-21H2,1-2H3/t25-,32-,33-/m0/s1. The molecule has 3 heterocycles. The first-order valence-electron chi connectivity index (χ1n) is 14.1. The van der Waals surface area contributed by atoms with Gasteiger partial charge in [0.1, 0.15) is 16.5 Å². The van der Waals surface area contributed by atoms with Crippen molar-refractivity contribution >= 4 is 20.9 Å². The van der Waals surface area contributed by atoms with Crippen molar-refractivity contribution in [2.75, 3.05) is 20.2 Å². The maximum absolute atomic E-state index is 14.0. The Hall–Kier alpha value is -3.99. The fourth-order valence-corrected chi connectivity index (χ4v) is 8.90. The van der Waals surface area contributed by atoms with Gasteiger partial charge in [0.05, 0.1) is 29.2 Å². The van der Waals surface area contributed by atoms with E-state index in [-0.39, 0.29) is 29.7 Å². The van der Waals surface area contributed by atoms with Gasteiger partial charge in [0, 0.05) is 37.2 Å². The smallest absolute Gasteiger partial charge is 0.244 e. The summed E-state index contributed by atoms with van der Waals surface area (Å²) >= 11 is 0. The van der Waals surface area contributed by atoms with E-state index in [9.17, 15) is 17.2 Å². The molecule has 1 saturated carbocycles. The first-order valence-corrected chi connectivity index (χ1v) is 15.6. The number of aryl methyl sites for hydroxylation is 1. The van der Waals surface area contributed by atoms with Gasteiger partial charge in [0.2, 0.25) is 10.0 Å². The van der Waals surface area contributed by atoms with Crippen molar-refractivity contribution in [2.45, 2.75) is 35.7 Å². The second-order valence-corrected chi connectivity index (χ2v) is 13.6. The summed E-state index contributed by atoms with van der Waals surface area (Å²) in [7, 11) is -2.29. The fourth-order valence-electron chi connectivity index (χ4n) is 7.37. The minimum atomic E-state index is -4.01. The number of ether oxygens (including phenoxy) is 1. The summed E-state index contributed by atoms with van der Waals surface area (Å²) in [6, 6.07) is 21.5. The van der Waals surface area contributed by atoms with Gasteiger partial charge in [-0.15, -0.1) is 0 Å². The van der Waals surface area contributed by atoms with Gasteiger partial charge in [-0.1, -0.05) is 30.3 Å². The molecule has 43 heavy (non-hydrogen) atoms. The van der Waals surface area contributed by atoms with Gasteiger partial charge in [0.15, 0.2) is 0 Å². The van der Waals surface area contributed by atoms with E-state index in [1.807, 2.05) is 25.1 Å². The predicted octanol–water partition coefficient (Wildman–Crippen LogP) is 5.90. The van der Waals surface area contributed by atoms with Crippen molar-refractivity contribution in [2.24, 2.45) is 5.92 Å². The second-order valence-electron chi connectivity index (χ2n) is 11.7. The lowest BCUT2D eigenvalue weighted by Crippen LogP contribution is -2.38. The van der Waals surface area contributed by atoms with Crippen LogP contribution in [0.1, 0.15) is 29.5 Å². The zero-order valence-electron chi connectivity index (χ0n) is 23.7. The molecule has 2 aliphatic rings. The molecule has 0 unspecified atom stereocenters. The Kier molecular flexibility index (Phi) is 6.50. The van der Waals surface area contributed by atoms with Gasteiger partial charge >= 0.3 is 0 Å². The highest BCUT2D eigenvalue weighted by molar-refractivity contribution is 7.89. The molecular formula is C33H30F2N4O3S. The van der Waals surface area contributed by atoms with Crippen LogP contribution >= 0.6 is 0 Å². The van der Waals surface area contributed by atoms with E-state index in [2.05, 4.69) is 34.3 Å². The van der Waals surface area contributed by atoms with Crippen LogP contribution in [-0.2, 0) is 25.8 Å². The Labute approximate surface area is 248 Å². The summed E-state index contributed by atoms with van der Waals surface area (Å²) < 4.78 is 64.9. The van der Waals surface area contributed by atoms with Crippen molar-refractivity contribution in [3.63, 3.8) is 0 Å². The highest BCUT2D eigenvalue weighted by Gasteiger charge is 2.62. The number of fused-ring (bicyclic) bond motifs is 2. The lowest BCUT2D eigenvalue weighted by atomic mass is 9.72. The Bertz CT molecular complexity index is 1950. The minimum Gasteiger partial charge on any atom is -0.373 e. The zero-order valence-corrected chi connectivity index (χ0v) is 24.6. The number of rotatable bonds is 6. The van der Waals surface area contributed by atoms with Crippen LogP contribution < -0.4 is 0 Å². The average Bonchev–Trinajstić information content (AvgIpc) is 3.67.